The average molecular weight is 400 g/mol. The molecule has 27 heavy (non-hydrogen) atoms. The minimum Gasteiger partial charge on any atom is -0.366 e. The third-order valence-corrected chi connectivity index (χ3v) is 4.90. The number of primary amides is 1. The fraction of sp³-hybridized carbons (Fsp3) is 0.143. The van der Waals surface area contributed by atoms with E-state index in [9.17, 15) is 4.79 Å². The molecule has 0 aliphatic heterocycles. The van der Waals surface area contributed by atoms with E-state index in [2.05, 4.69) is 4.98 Å². The van der Waals surface area contributed by atoms with E-state index >= 15 is 0 Å². The summed E-state index contributed by atoms with van der Waals surface area (Å²) in [7, 11) is 3.95. The van der Waals surface area contributed by atoms with Crippen molar-refractivity contribution < 1.29 is 4.79 Å². The van der Waals surface area contributed by atoms with E-state index in [0.29, 0.717) is 22.2 Å². The van der Waals surface area contributed by atoms with Crippen LogP contribution in [0.3, 0.4) is 0 Å². The van der Waals surface area contributed by atoms with Gasteiger partial charge in [-0.3, -0.25) is 9.78 Å². The highest BCUT2D eigenvalue weighted by Gasteiger charge is 2.18. The Morgan fingerprint density at radius 1 is 1.11 bits per heavy atom. The van der Waals surface area contributed by atoms with Crippen molar-refractivity contribution in [1.29, 1.82) is 0 Å². The quantitative estimate of drug-likeness (QED) is 0.664. The van der Waals surface area contributed by atoms with Crippen LogP contribution in [0.4, 0.5) is 0 Å². The number of hydrogen-bond acceptors (Lipinski definition) is 3. The molecule has 0 saturated heterocycles. The van der Waals surface area contributed by atoms with Crippen molar-refractivity contribution in [2.45, 2.75) is 6.54 Å². The van der Waals surface area contributed by atoms with E-state index < -0.39 is 5.91 Å². The number of nitrogens with two attached hydrogens (primary N) is 1. The van der Waals surface area contributed by atoms with Crippen LogP contribution in [0.15, 0.2) is 54.7 Å². The number of hydrogen-bond donors (Lipinski definition) is 1. The second-order valence-electron chi connectivity index (χ2n) is 6.47. The van der Waals surface area contributed by atoms with E-state index in [0.717, 1.165) is 27.9 Å². The van der Waals surface area contributed by atoms with Crippen LogP contribution in [-0.4, -0.2) is 29.9 Å². The third-order valence-electron chi connectivity index (χ3n) is 4.18. The smallest absolute Gasteiger partial charge is 0.250 e. The SMILES string of the molecule is CN(C)Cc1ccc(C(N)=O)c(Cl)c1-c1ccc(Cl)c(-c2ccccn2)c1. The van der Waals surface area contributed by atoms with Crippen LogP contribution in [0, 0.1) is 0 Å². The topological polar surface area (TPSA) is 59.2 Å². The molecule has 0 radical (unpaired) electrons. The van der Waals surface area contributed by atoms with Gasteiger partial charge in [0.2, 0.25) is 5.91 Å². The Morgan fingerprint density at radius 3 is 2.52 bits per heavy atom. The minimum atomic E-state index is -0.559. The summed E-state index contributed by atoms with van der Waals surface area (Å²) in [6.07, 6.45) is 1.72. The molecule has 6 heteroatoms. The number of carbonyl (C=O) groups is 1. The van der Waals surface area contributed by atoms with Crippen LogP contribution in [0.1, 0.15) is 15.9 Å². The summed E-state index contributed by atoms with van der Waals surface area (Å²) in [6.45, 7) is 0.662. The molecule has 0 fully saturated rings. The van der Waals surface area contributed by atoms with E-state index in [-0.39, 0.29) is 0 Å². The van der Waals surface area contributed by atoms with Gasteiger partial charge in [-0.05, 0) is 55.6 Å². The lowest BCUT2D eigenvalue weighted by Crippen LogP contribution is -2.15. The molecule has 1 amide bonds. The number of benzene rings is 2. The standard InChI is InChI=1S/C21H19Cl2N3O/c1-26(2)12-14-6-8-15(21(24)27)20(23)19(14)13-7-9-17(22)16(11-13)18-5-3-4-10-25-18/h3-11H,12H2,1-2H3,(H2,24,27). The van der Waals surface area contributed by atoms with Gasteiger partial charge >= 0.3 is 0 Å². The lowest BCUT2D eigenvalue weighted by Gasteiger charge is -2.18. The van der Waals surface area contributed by atoms with Crippen molar-refractivity contribution in [3.05, 3.63) is 75.9 Å². The highest BCUT2D eigenvalue weighted by molar-refractivity contribution is 6.37. The Morgan fingerprint density at radius 2 is 1.89 bits per heavy atom. The van der Waals surface area contributed by atoms with Crippen molar-refractivity contribution in [2.75, 3.05) is 14.1 Å². The number of halogens is 2. The van der Waals surface area contributed by atoms with Gasteiger partial charge < -0.3 is 10.6 Å². The van der Waals surface area contributed by atoms with Crippen molar-refractivity contribution in [1.82, 2.24) is 9.88 Å². The first-order valence-electron chi connectivity index (χ1n) is 8.35. The zero-order valence-electron chi connectivity index (χ0n) is 15.0. The van der Waals surface area contributed by atoms with Gasteiger partial charge in [0.15, 0.2) is 0 Å². The summed E-state index contributed by atoms with van der Waals surface area (Å²) in [5.41, 5.74) is 9.97. The summed E-state index contributed by atoms with van der Waals surface area (Å²) in [6, 6.07) is 14.8. The van der Waals surface area contributed by atoms with Gasteiger partial charge in [-0.1, -0.05) is 41.4 Å². The molecule has 2 N–H and O–H groups in total. The van der Waals surface area contributed by atoms with E-state index in [4.69, 9.17) is 28.9 Å². The molecular weight excluding hydrogens is 381 g/mol. The zero-order valence-corrected chi connectivity index (χ0v) is 16.6. The van der Waals surface area contributed by atoms with Crippen molar-refractivity contribution in [2.24, 2.45) is 5.73 Å². The van der Waals surface area contributed by atoms with Gasteiger partial charge in [-0.25, -0.2) is 0 Å². The molecule has 1 heterocycles. The highest BCUT2D eigenvalue weighted by Crippen LogP contribution is 2.38. The number of amides is 1. The van der Waals surface area contributed by atoms with Crippen LogP contribution in [0.25, 0.3) is 22.4 Å². The van der Waals surface area contributed by atoms with Gasteiger partial charge in [-0.15, -0.1) is 0 Å². The van der Waals surface area contributed by atoms with E-state index in [1.165, 1.54) is 0 Å². The normalized spacial score (nSPS) is 11.0. The average Bonchev–Trinajstić information content (AvgIpc) is 2.63. The lowest BCUT2D eigenvalue weighted by atomic mass is 9.94. The number of aromatic nitrogens is 1. The summed E-state index contributed by atoms with van der Waals surface area (Å²) in [5, 5.41) is 0.935. The van der Waals surface area contributed by atoms with E-state index in [1.54, 1.807) is 12.3 Å². The fourth-order valence-electron chi connectivity index (χ4n) is 2.99. The Labute approximate surface area is 168 Å². The molecule has 0 aliphatic carbocycles. The molecule has 138 valence electrons. The summed E-state index contributed by atoms with van der Waals surface area (Å²) in [4.78, 5) is 18.2. The molecular formula is C21H19Cl2N3O. The number of carbonyl (C=O) groups excluding carboxylic acids is 1. The van der Waals surface area contributed by atoms with E-state index in [1.807, 2.05) is 61.5 Å². The predicted octanol–water partition coefficient (Wildman–Crippen LogP) is 4.88. The molecule has 0 bridgehead atoms. The summed E-state index contributed by atoms with van der Waals surface area (Å²) in [5.74, 6) is -0.559. The Kier molecular flexibility index (Phi) is 5.80. The molecule has 0 saturated carbocycles. The second-order valence-corrected chi connectivity index (χ2v) is 7.26. The molecule has 3 aromatic rings. The van der Waals surface area contributed by atoms with Crippen LogP contribution in [-0.2, 0) is 6.54 Å². The molecule has 3 rings (SSSR count). The van der Waals surface area contributed by atoms with Crippen LogP contribution in [0.2, 0.25) is 10.0 Å². The molecule has 0 atom stereocenters. The summed E-state index contributed by atoms with van der Waals surface area (Å²) < 4.78 is 0. The van der Waals surface area contributed by atoms with Gasteiger partial charge in [0.1, 0.15) is 0 Å². The number of pyridine rings is 1. The van der Waals surface area contributed by atoms with Gasteiger partial charge in [0.25, 0.3) is 0 Å². The molecule has 1 aromatic heterocycles. The van der Waals surface area contributed by atoms with Crippen molar-refractivity contribution >= 4 is 29.1 Å². The van der Waals surface area contributed by atoms with Crippen LogP contribution in [0.5, 0.6) is 0 Å². The molecule has 0 spiro atoms. The third kappa shape index (κ3) is 4.14. The maximum atomic E-state index is 11.8. The van der Waals surface area contributed by atoms with Crippen LogP contribution >= 0.6 is 23.2 Å². The Bertz CT molecular complexity index is 988. The number of nitrogens with zero attached hydrogens (tertiary/aromatic N) is 2. The highest BCUT2D eigenvalue weighted by atomic mass is 35.5. The Balaban J connectivity index is 2.23. The summed E-state index contributed by atoms with van der Waals surface area (Å²) >= 11 is 13.0. The fourth-order valence-corrected chi connectivity index (χ4v) is 3.59. The molecule has 2 aromatic carbocycles. The Hall–Kier alpha value is -2.40. The maximum Gasteiger partial charge on any atom is 0.250 e. The van der Waals surface area contributed by atoms with Gasteiger partial charge in [-0.2, -0.15) is 0 Å². The largest absolute Gasteiger partial charge is 0.366 e. The second kappa shape index (κ2) is 8.09. The first kappa shape index (κ1) is 19.4. The van der Waals surface area contributed by atoms with Crippen LogP contribution < -0.4 is 5.73 Å². The maximum absolute atomic E-state index is 11.8. The van der Waals surface area contributed by atoms with Gasteiger partial charge in [0.05, 0.1) is 16.3 Å². The van der Waals surface area contributed by atoms with Crippen molar-refractivity contribution in [3.8, 4) is 22.4 Å². The lowest BCUT2D eigenvalue weighted by molar-refractivity contribution is 0.100. The first-order valence-corrected chi connectivity index (χ1v) is 9.11. The zero-order chi connectivity index (χ0) is 19.6. The monoisotopic (exact) mass is 399 g/mol. The molecule has 0 aliphatic rings. The number of rotatable bonds is 5. The molecule has 0 unspecified atom stereocenters. The van der Waals surface area contributed by atoms with Crippen molar-refractivity contribution in [3.63, 3.8) is 0 Å². The predicted molar refractivity (Wildman–Crippen MR) is 111 cm³/mol. The van der Waals surface area contributed by atoms with Gasteiger partial charge in [0, 0.05) is 28.9 Å². The first-order chi connectivity index (χ1) is 12.9. The minimum absolute atomic E-state index is 0.295. The molecule has 4 nitrogen and oxygen atoms in total.